The molecule has 0 bridgehead atoms. The quantitative estimate of drug-likeness (QED) is 0.347. The van der Waals surface area contributed by atoms with Crippen LogP contribution in [-0.2, 0) is 0 Å². The van der Waals surface area contributed by atoms with E-state index in [0.717, 1.165) is 0 Å². The summed E-state index contributed by atoms with van der Waals surface area (Å²) in [4.78, 5) is 0. The first kappa shape index (κ1) is 21.9. The predicted molar refractivity (Wildman–Crippen MR) is 127 cm³/mol. The minimum absolute atomic E-state index is 0.0333. The van der Waals surface area contributed by atoms with E-state index in [1.807, 2.05) is 18.2 Å². The lowest BCUT2D eigenvalue weighted by molar-refractivity contribution is 0.410. The molecule has 0 spiro atoms. The number of methoxy groups -OCH3 is 3. The number of ether oxygens (including phenoxy) is 3. The van der Waals surface area contributed by atoms with Gasteiger partial charge in [-0.3, -0.25) is 0 Å². The molecule has 0 heterocycles. The SMILES string of the molecule is COc1cccc(O)c1-c1cc(-c2c(O)cccc2OC)cc(-c2c(O)cccc2OC)c1. The Labute approximate surface area is 191 Å². The molecule has 0 saturated carbocycles. The molecule has 0 amide bonds. The highest BCUT2D eigenvalue weighted by atomic mass is 16.5. The van der Waals surface area contributed by atoms with Crippen molar-refractivity contribution in [1.29, 1.82) is 0 Å². The molecule has 0 radical (unpaired) electrons. The van der Waals surface area contributed by atoms with E-state index in [9.17, 15) is 15.3 Å². The second kappa shape index (κ2) is 9.04. The Kier molecular flexibility index (Phi) is 6.00. The van der Waals surface area contributed by atoms with Crippen LogP contribution in [0.2, 0.25) is 0 Å². The van der Waals surface area contributed by atoms with Gasteiger partial charge < -0.3 is 29.5 Å². The van der Waals surface area contributed by atoms with Gasteiger partial charge in [-0.25, -0.2) is 0 Å². The molecule has 4 aromatic carbocycles. The summed E-state index contributed by atoms with van der Waals surface area (Å²) in [6, 6.07) is 20.5. The van der Waals surface area contributed by atoms with Crippen LogP contribution in [-0.4, -0.2) is 36.6 Å². The summed E-state index contributed by atoms with van der Waals surface area (Å²) in [7, 11) is 4.59. The first-order valence-corrected chi connectivity index (χ1v) is 10.2. The lowest BCUT2D eigenvalue weighted by atomic mass is 9.91. The van der Waals surface area contributed by atoms with E-state index in [4.69, 9.17) is 14.2 Å². The second-order valence-electron chi connectivity index (χ2n) is 7.36. The van der Waals surface area contributed by atoms with Crippen LogP contribution < -0.4 is 14.2 Å². The van der Waals surface area contributed by atoms with Crippen LogP contribution in [0.15, 0.2) is 72.8 Å². The van der Waals surface area contributed by atoms with Crippen LogP contribution in [0.5, 0.6) is 34.5 Å². The van der Waals surface area contributed by atoms with E-state index in [2.05, 4.69) is 0 Å². The average Bonchev–Trinajstić information content (AvgIpc) is 2.82. The number of hydrogen-bond donors (Lipinski definition) is 3. The molecule has 6 nitrogen and oxygen atoms in total. The number of phenolic OH excluding ortho intramolecular Hbond substituents is 3. The fourth-order valence-electron chi connectivity index (χ4n) is 4.00. The molecule has 4 aromatic rings. The van der Waals surface area contributed by atoms with E-state index in [0.29, 0.717) is 50.6 Å². The van der Waals surface area contributed by atoms with Crippen LogP contribution in [0.3, 0.4) is 0 Å². The molecule has 0 aliphatic rings. The van der Waals surface area contributed by atoms with Crippen molar-refractivity contribution in [3.63, 3.8) is 0 Å². The zero-order chi connectivity index (χ0) is 23.5. The highest BCUT2D eigenvalue weighted by Gasteiger charge is 2.20. The van der Waals surface area contributed by atoms with Crippen molar-refractivity contribution in [1.82, 2.24) is 0 Å². The number of phenols is 3. The zero-order valence-corrected chi connectivity index (χ0v) is 18.5. The molecule has 33 heavy (non-hydrogen) atoms. The number of benzene rings is 4. The average molecular weight is 444 g/mol. The van der Waals surface area contributed by atoms with Gasteiger partial charge in [0.25, 0.3) is 0 Å². The first-order valence-electron chi connectivity index (χ1n) is 10.2. The second-order valence-corrected chi connectivity index (χ2v) is 7.36. The Balaban J connectivity index is 2.09. The van der Waals surface area contributed by atoms with Gasteiger partial charge in [0.05, 0.1) is 38.0 Å². The summed E-state index contributed by atoms with van der Waals surface area (Å²) in [5.74, 6) is 1.53. The summed E-state index contributed by atoms with van der Waals surface area (Å²) in [5, 5.41) is 32.0. The van der Waals surface area contributed by atoms with E-state index in [-0.39, 0.29) is 17.2 Å². The van der Waals surface area contributed by atoms with E-state index in [1.54, 1.807) is 54.6 Å². The van der Waals surface area contributed by atoms with Gasteiger partial charge in [-0.05, 0) is 71.3 Å². The third kappa shape index (κ3) is 3.99. The summed E-state index contributed by atoms with van der Waals surface area (Å²) in [5.41, 5.74) is 3.29. The Hall–Kier alpha value is -4.32. The maximum atomic E-state index is 10.7. The third-order valence-corrected chi connectivity index (χ3v) is 5.47. The molecular weight excluding hydrogens is 420 g/mol. The first-order chi connectivity index (χ1) is 16.0. The molecule has 4 rings (SSSR count). The van der Waals surface area contributed by atoms with Crippen molar-refractivity contribution in [2.24, 2.45) is 0 Å². The van der Waals surface area contributed by atoms with Gasteiger partial charge in [0.1, 0.15) is 34.5 Å². The molecule has 0 aromatic heterocycles. The number of aromatic hydroxyl groups is 3. The smallest absolute Gasteiger partial charge is 0.130 e. The molecule has 0 atom stereocenters. The van der Waals surface area contributed by atoms with Gasteiger partial charge >= 0.3 is 0 Å². The maximum Gasteiger partial charge on any atom is 0.130 e. The van der Waals surface area contributed by atoms with Crippen molar-refractivity contribution >= 4 is 0 Å². The van der Waals surface area contributed by atoms with E-state index in [1.165, 1.54) is 21.3 Å². The summed E-state index contributed by atoms with van der Waals surface area (Å²) < 4.78 is 16.5. The van der Waals surface area contributed by atoms with Crippen LogP contribution in [0.25, 0.3) is 33.4 Å². The third-order valence-electron chi connectivity index (χ3n) is 5.47. The molecule has 0 aliphatic carbocycles. The van der Waals surface area contributed by atoms with Crippen molar-refractivity contribution in [3.05, 3.63) is 72.8 Å². The van der Waals surface area contributed by atoms with Gasteiger partial charge in [-0.2, -0.15) is 0 Å². The van der Waals surface area contributed by atoms with Crippen molar-refractivity contribution in [3.8, 4) is 67.9 Å². The Morgan fingerprint density at radius 1 is 0.455 bits per heavy atom. The summed E-state index contributed by atoms with van der Waals surface area (Å²) in [6.07, 6.45) is 0. The normalized spacial score (nSPS) is 10.6. The van der Waals surface area contributed by atoms with Gasteiger partial charge in [-0.1, -0.05) is 18.2 Å². The molecule has 168 valence electrons. The molecule has 0 unspecified atom stereocenters. The van der Waals surface area contributed by atoms with Crippen LogP contribution in [0, 0.1) is 0 Å². The zero-order valence-electron chi connectivity index (χ0n) is 18.5. The summed E-state index contributed by atoms with van der Waals surface area (Å²) >= 11 is 0. The van der Waals surface area contributed by atoms with Crippen molar-refractivity contribution in [2.45, 2.75) is 0 Å². The fraction of sp³-hybridized carbons (Fsp3) is 0.111. The summed E-state index contributed by atoms with van der Waals surface area (Å²) in [6.45, 7) is 0. The van der Waals surface area contributed by atoms with Crippen molar-refractivity contribution in [2.75, 3.05) is 21.3 Å². The topological polar surface area (TPSA) is 88.4 Å². The standard InChI is InChI=1S/C27H24O6/c1-31-22-10-4-7-19(28)25(22)16-13-17(26-20(29)8-5-11-23(26)32-2)15-18(14-16)27-21(30)9-6-12-24(27)33-3/h4-15,28-30H,1-3H3. The number of hydrogen-bond acceptors (Lipinski definition) is 6. The van der Waals surface area contributed by atoms with Gasteiger partial charge in [0.2, 0.25) is 0 Å². The largest absolute Gasteiger partial charge is 0.507 e. The lowest BCUT2D eigenvalue weighted by Crippen LogP contribution is -1.94. The minimum Gasteiger partial charge on any atom is -0.507 e. The Morgan fingerprint density at radius 2 is 0.727 bits per heavy atom. The molecular formula is C27H24O6. The van der Waals surface area contributed by atoms with Gasteiger partial charge in [0, 0.05) is 0 Å². The monoisotopic (exact) mass is 444 g/mol. The fourth-order valence-corrected chi connectivity index (χ4v) is 4.00. The number of rotatable bonds is 6. The van der Waals surface area contributed by atoms with Crippen molar-refractivity contribution < 1.29 is 29.5 Å². The lowest BCUT2D eigenvalue weighted by Gasteiger charge is -2.18. The van der Waals surface area contributed by atoms with E-state index >= 15 is 0 Å². The maximum absolute atomic E-state index is 10.7. The molecule has 0 saturated heterocycles. The Bertz CT molecular complexity index is 1140. The molecule has 3 N–H and O–H groups in total. The van der Waals surface area contributed by atoms with Gasteiger partial charge in [-0.15, -0.1) is 0 Å². The van der Waals surface area contributed by atoms with Crippen LogP contribution in [0.1, 0.15) is 0 Å². The predicted octanol–water partition coefficient (Wildman–Crippen LogP) is 5.83. The van der Waals surface area contributed by atoms with E-state index < -0.39 is 0 Å². The highest BCUT2D eigenvalue weighted by molar-refractivity contribution is 5.90. The highest BCUT2D eigenvalue weighted by Crippen LogP contribution is 2.47. The minimum atomic E-state index is 0.0333. The van der Waals surface area contributed by atoms with Gasteiger partial charge in [0.15, 0.2) is 0 Å². The molecule has 6 heteroatoms. The Morgan fingerprint density at radius 3 is 0.970 bits per heavy atom. The molecule has 0 aliphatic heterocycles. The van der Waals surface area contributed by atoms with Crippen LogP contribution >= 0.6 is 0 Å². The van der Waals surface area contributed by atoms with Crippen LogP contribution in [0.4, 0.5) is 0 Å². The molecule has 0 fully saturated rings.